The van der Waals surface area contributed by atoms with E-state index < -0.39 is 10.8 Å². The fourth-order valence-corrected chi connectivity index (χ4v) is 3.51. The number of guanidine groups is 1. The van der Waals surface area contributed by atoms with E-state index in [0.29, 0.717) is 37.1 Å². The highest BCUT2D eigenvalue weighted by Gasteiger charge is 2.08. The summed E-state index contributed by atoms with van der Waals surface area (Å²) in [7, 11) is -0.945. The molecule has 2 rings (SSSR count). The lowest BCUT2D eigenvalue weighted by Gasteiger charge is -2.15. The highest BCUT2D eigenvalue weighted by molar-refractivity contribution is 7.84. The van der Waals surface area contributed by atoms with Crippen molar-refractivity contribution >= 4 is 16.8 Å². The molecule has 2 aromatic carbocycles. The van der Waals surface area contributed by atoms with Crippen molar-refractivity contribution in [2.45, 2.75) is 25.7 Å². The Balaban J connectivity index is 1.78. The summed E-state index contributed by atoms with van der Waals surface area (Å²) in [4.78, 5) is 4.47. The first-order valence-corrected chi connectivity index (χ1v) is 10.9. The standard InChI is InChI=1S/C21H28FN3O2S/c1-3-23-21(24-13-14-28(26)16-18-9-5-4-6-10-18)25-15-17(2)27-20-12-8-7-11-19(20)22/h4-12,17H,3,13-16H2,1-2H3,(H2,23,24,25). The van der Waals surface area contributed by atoms with E-state index in [9.17, 15) is 8.60 Å². The molecule has 0 saturated carbocycles. The van der Waals surface area contributed by atoms with Crippen LogP contribution in [0.3, 0.4) is 0 Å². The first-order valence-electron chi connectivity index (χ1n) is 9.40. The van der Waals surface area contributed by atoms with Gasteiger partial charge >= 0.3 is 0 Å². The van der Waals surface area contributed by atoms with Crippen LogP contribution >= 0.6 is 0 Å². The van der Waals surface area contributed by atoms with E-state index >= 15 is 0 Å². The van der Waals surface area contributed by atoms with Gasteiger partial charge in [-0.05, 0) is 31.5 Å². The van der Waals surface area contributed by atoms with E-state index in [-0.39, 0.29) is 17.7 Å². The number of nitrogens with zero attached hydrogens (tertiary/aromatic N) is 1. The molecule has 7 heteroatoms. The Labute approximate surface area is 168 Å². The summed E-state index contributed by atoms with van der Waals surface area (Å²) < 4.78 is 31.5. The zero-order valence-electron chi connectivity index (χ0n) is 16.4. The molecule has 0 heterocycles. The van der Waals surface area contributed by atoms with Gasteiger partial charge in [0.05, 0.1) is 6.54 Å². The second kappa shape index (κ2) is 12.1. The number of halogens is 1. The lowest BCUT2D eigenvalue weighted by Crippen LogP contribution is -2.39. The van der Waals surface area contributed by atoms with Gasteiger partial charge in [-0.25, -0.2) is 9.38 Å². The third kappa shape index (κ3) is 8.08. The average Bonchev–Trinajstić information content (AvgIpc) is 2.68. The second-order valence-electron chi connectivity index (χ2n) is 6.28. The van der Waals surface area contributed by atoms with Crippen LogP contribution < -0.4 is 15.4 Å². The number of rotatable bonds is 10. The molecular weight excluding hydrogens is 377 g/mol. The average molecular weight is 406 g/mol. The van der Waals surface area contributed by atoms with Gasteiger partial charge in [0, 0.05) is 35.4 Å². The van der Waals surface area contributed by atoms with Crippen LogP contribution in [-0.2, 0) is 16.6 Å². The van der Waals surface area contributed by atoms with Gasteiger partial charge in [-0.2, -0.15) is 0 Å². The van der Waals surface area contributed by atoms with Crippen LogP contribution in [0.4, 0.5) is 4.39 Å². The van der Waals surface area contributed by atoms with Gasteiger partial charge in [0.1, 0.15) is 6.10 Å². The fraction of sp³-hybridized carbons (Fsp3) is 0.381. The predicted octanol–water partition coefficient (Wildman–Crippen LogP) is 3.10. The largest absolute Gasteiger partial charge is 0.486 e. The maximum absolute atomic E-state index is 13.7. The second-order valence-corrected chi connectivity index (χ2v) is 7.86. The SMILES string of the molecule is CCNC(=NCC(C)Oc1ccccc1F)NCCS(=O)Cc1ccccc1. The van der Waals surface area contributed by atoms with Gasteiger partial charge in [0.15, 0.2) is 17.5 Å². The minimum absolute atomic E-state index is 0.222. The fourth-order valence-electron chi connectivity index (χ4n) is 2.47. The maximum atomic E-state index is 13.7. The normalized spacial score (nSPS) is 13.6. The zero-order valence-corrected chi connectivity index (χ0v) is 17.2. The molecule has 0 saturated heterocycles. The number of ether oxygens (including phenoxy) is 1. The molecule has 28 heavy (non-hydrogen) atoms. The van der Waals surface area contributed by atoms with Gasteiger partial charge in [-0.15, -0.1) is 0 Å². The minimum atomic E-state index is -0.945. The number of hydrogen-bond donors (Lipinski definition) is 2. The predicted molar refractivity (Wildman–Crippen MR) is 114 cm³/mol. The Morgan fingerprint density at radius 2 is 1.86 bits per heavy atom. The molecule has 2 unspecified atom stereocenters. The van der Waals surface area contributed by atoms with Crippen LogP contribution in [0.5, 0.6) is 5.75 Å². The summed E-state index contributed by atoms with van der Waals surface area (Å²) in [5.41, 5.74) is 1.07. The zero-order chi connectivity index (χ0) is 20.2. The van der Waals surface area contributed by atoms with Crippen molar-refractivity contribution in [1.82, 2.24) is 10.6 Å². The third-order valence-corrected chi connectivity index (χ3v) is 5.12. The number of para-hydroxylation sites is 1. The van der Waals surface area contributed by atoms with Gasteiger partial charge < -0.3 is 15.4 Å². The molecule has 5 nitrogen and oxygen atoms in total. The molecule has 2 atom stereocenters. The van der Waals surface area contributed by atoms with Crippen molar-refractivity contribution in [1.29, 1.82) is 0 Å². The number of hydrogen-bond acceptors (Lipinski definition) is 3. The van der Waals surface area contributed by atoms with Crippen LogP contribution in [0.2, 0.25) is 0 Å². The Morgan fingerprint density at radius 3 is 2.57 bits per heavy atom. The van der Waals surface area contributed by atoms with E-state index in [0.717, 1.165) is 5.56 Å². The molecule has 2 aromatic rings. The van der Waals surface area contributed by atoms with Gasteiger partial charge in [0.25, 0.3) is 0 Å². The molecule has 0 aliphatic rings. The summed E-state index contributed by atoms with van der Waals surface area (Å²) in [6, 6.07) is 16.1. The summed E-state index contributed by atoms with van der Waals surface area (Å²) in [5.74, 6) is 1.54. The summed E-state index contributed by atoms with van der Waals surface area (Å²) in [5, 5.41) is 6.33. The van der Waals surface area contributed by atoms with Crippen LogP contribution in [0.15, 0.2) is 59.6 Å². The van der Waals surface area contributed by atoms with Crippen molar-refractivity contribution in [3.63, 3.8) is 0 Å². The van der Waals surface area contributed by atoms with E-state index in [2.05, 4.69) is 15.6 Å². The van der Waals surface area contributed by atoms with Gasteiger partial charge in [-0.1, -0.05) is 42.5 Å². The minimum Gasteiger partial charge on any atom is -0.486 e. The summed E-state index contributed by atoms with van der Waals surface area (Å²) in [6.07, 6.45) is -0.278. The molecule has 0 bridgehead atoms. The van der Waals surface area contributed by atoms with E-state index in [1.54, 1.807) is 18.2 Å². The summed E-state index contributed by atoms with van der Waals surface area (Å²) in [6.45, 7) is 5.45. The van der Waals surface area contributed by atoms with Crippen LogP contribution in [0.25, 0.3) is 0 Å². The van der Waals surface area contributed by atoms with Crippen molar-refractivity contribution in [3.8, 4) is 5.75 Å². The molecule has 0 spiro atoms. The van der Waals surface area contributed by atoms with Crippen molar-refractivity contribution < 1.29 is 13.3 Å². The number of nitrogens with one attached hydrogen (secondary N) is 2. The lowest BCUT2D eigenvalue weighted by atomic mass is 10.2. The topological polar surface area (TPSA) is 62.7 Å². The Bertz CT molecular complexity index is 771. The summed E-state index contributed by atoms with van der Waals surface area (Å²) >= 11 is 0. The first kappa shape index (κ1) is 21.9. The quantitative estimate of drug-likeness (QED) is 0.471. The van der Waals surface area contributed by atoms with E-state index in [1.165, 1.54) is 6.07 Å². The molecule has 152 valence electrons. The number of benzene rings is 2. The van der Waals surface area contributed by atoms with Crippen LogP contribution in [0, 0.1) is 5.82 Å². The van der Waals surface area contributed by atoms with Crippen molar-refractivity contribution in [2.75, 3.05) is 25.4 Å². The molecule has 0 amide bonds. The lowest BCUT2D eigenvalue weighted by molar-refractivity contribution is 0.220. The Kier molecular flexibility index (Phi) is 9.48. The smallest absolute Gasteiger partial charge is 0.191 e. The molecule has 0 aliphatic heterocycles. The van der Waals surface area contributed by atoms with E-state index in [1.807, 2.05) is 44.2 Å². The number of aliphatic imine (C=N–C) groups is 1. The van der Waals surface area contributed by atoms with Gasteiger partial charge in [-0.3, -0.25) is 4.21 Å². The molecule has 0 aromatic heterocycles. The molecule has 0 radical (unpaired) electrons. The third-order valence-electron chi connectivity index (χ3n) is 3.81. The molecular formula is C21H28FN3O2S. The highest BCUT2D eigenvalue weighted by atomic mass is 32.2. The Morgan fingerprint density at radius 1 is 1.14 bits per heavy atom. The van der Waals surface area contributed by atoms with Crippen molar-refractivity contribution in [2.24, 2.45) is 4.99 Å². The monoisotopic (exact) mass is 405 g/mol. The highest BCUT2D eigenvalue weighted by Crippen LogP contribution is 2.16. The van der Waals surface area contributed by atoms with Gasteiger partial charge in [0.2, 0.25) is 0 Å². The van der Waals surface area contributed by atoms with Crippen LogP contribution in [0.1, 0.15) is 19.4 Å². The molecule has 2 N–H and O–H groups in total. The maximum Gasteiger partial charge on any atom is 0.191 e. The molecule has 0 aliphatic carbocycles. The first-order chi connectivity index (χ1) is 13.6. The van der Waals surface area contributed by atoms with Crippen LogP contribution in [-0.4, -0.2) is 41.7 Å². The molecule has 0 fully saturated rings. The van der Waals surface area contributed by atoms with Crippen molar-refractivity contribution in [3.05, 3.63) is 66.0 Å². The Hall–Kier alpha value is -2.41. The van der Waals surface area contributed by atoms with E-state index in [4.69, 9.17) is 4.74 Å².